The van der Waals surface area contributed by atoms with Crippen LogP contribution in [0, 0.1) is 11.8 Å². The van der Waals surface area contributed by atoms with E-state index in [0.29, 0.717) is 0 Å². The molecule has 2 atom stereocenters. The van der Waals surface area contributed by atoms with Crippen LogP contribution in [-0.2, 0) is 0 Å². The van der Waals surface area contributed by atoms with E-state index in [1.54, 1.807) is 6.26 Å². The van der Waals surface area contributed by atoms with Crippen LogP contribution in [0.2, 0.25) is 0 Å². The Hall–Kier alpha value is -0.460. The first-order valence-corrected chi connectivity index (χ1v) is 5.14. The van der Waals surface area contributed by atoms with E-state index < -0.39 is 0 Å². The van der Waals surface area contributed by atoms with Crippen LogP contribution >= 0.6 is 0 Å². The van der Waals surface area contributed by atoms with Crippen molar-refractivity contribution in [1.82, 2.24) is 0 Å². The van der Waals surface area contributed by atoms with Crippen LogP contribution in [0.25, 0.3) is 0 Å². The van der Waals surface area contributed by atoms with Gasteiger partial charge in [-0.2, -0.15) is 0 Å². The average molecular weight is 169 g/mol. The van der Waals surface area contributed by atoms with Gasteiger partial charge in [0.2, 0.25) is 6.26 Å². The van der Waals surface area contributed by atoms with Gasteiger partial charge in [-0.3, -0.25) is 0 Å². The normalized spacial score (nSPS) is 31.0. The Bertz CT molecular complexity index is 160. The summed E-state index contributed by atoms with van der Waals surface area (Å²) in [6, 6.07) is 0. The molecular weight excluding hydrogens is 148 g/mol. The summed E-state index contributed by atoms with van der Waals surface area (Å²) in [5, 5.41) is 7.33. The van der Waals surface area contributed by atoms with Crippen LogP contribution in [-0.4, -0.2) is 5.11 Å². The molecule has 0 radical (unpaired) electrons. The van der Waals surface area contributed by atoms with E-state index in [-0.39, 0.29) is 0 Å². The summed E-state index contributed by atoms with van der Waals surface area (Å²) in [6.07, 6.45) is 7.95. The van der Waals surface area contributed by atoms with E-state index in [1.807, 2.05) is 0 Å². The molecular formula is C11H21O+. The standard InChI is InChI=1S/C11H20O/c1-3-4-11(8-12)10-6-5-9(2)7-10/h8-10,12H,3-7H2,1-2H3/p+1/b11-8-/t9-,10+/m1/s1. The largest absolute Gasteiger partial charge is 0.599 e. The lowest BCUT2D eigenvalue weighted by molar-refractivity contribution is 0.442. The van der Waals surface area contributed by atoms with Crippen LogP contribution in [0.5, 0.6) is 0 Å². The molecule has 1 aliphatic carbocycles. The fourth-order valence-electron chi connectivity index (χ4n) is 2.23. The van der Waals surface area contributed by atoms with E-state index in [4.69, 9.17) is 5.11 Å². The van der Waals surface area contributed by atoms with Gasteiger partial charge in [-0.1, -0.05) is 26.7 Å². The molecule has 0 spiro atoms. The van der Waals surface area contributed by atoms with E-state index in [1.165, 1.54) is 31.3 Å². The molecule has 0 heterocycles. The summed E-state index contributed by atoms with van der Waals surface area (Å²) in [5.41, 5.74) is 1.39. The molecule has 1 fully saturated rings. The zero-order valence-corrected chi connectivity index (χ0v) is 8.27. The Kier molecular flexibility index (Phi) is 3.64. The number of rotatable bonds is 3. The third-order valence-electron chi connectivity index (χ3n) is 2.94. The monoisotopic (exact) mass is 169 g/mol. The highest BCUT2D eigenvalue weighted by Gasteiger charge is 2.24. The second kappa shape index (κ2) is 4.54. The summed E-state index contributed by atoms with van der Waals surface area (Å²) >= 11 is 0. The van der Waals surface area contributed by atoms with Crippen LogP contribution in [0.3, 0.4) is 0 Å². The number of allylic oxidation sites excluding steroid dienone is 1. The lowest BCUT2D eigenvalue weighted by Gasteiger charge is -2.10. The zero-order chi connectivity index (χ0) is 8.97. The van der Waals surface area contributed by atoms with Gasteiger partial charge < -0.3 is 5.11 Å². The Morgan fingerprint density at radius 3 is 2.67 bits per heavy atom. The third-order valence-corrected chi connectivity index (χ3v) is 2.94. The fourth-order valence-corrected chi connectivity index (χ4v) is 2.23. The van der Waals surface area contributed by atoms with E-state index in [2.05, 4.69) is 13.8 Å². The summed E-state index contributed by atoms with van der Waals surface area (Å²) < 4.78 is 0. The van der Waals surface area contributed by atoms with E-state index in [9.17, 15) is 0 Å². The molecule has 70 valence electrons. The average Bonchev–Trinajstić information content (AvgIpc) is 2.47. The highest BCUT2D eigenvalue weighted by atomic mass is 16.2. The first-order chi connectivity index (χ1) is 5.77. The lowest BCUT2D eigenvalue weighted by atomic mass is 9.94. The maximum absolute atomic E-state index is 7.33. The second-order valence-corrected chi connectivity index (χ2v) is 4.08. The zero-order valence-electron chi connectivity index (χ0n) is 8.27. The summed E-state index contributed by atoms with van der Waals surface area (Å²) in [4.78, 5) is 0. The van der Waals surface area contributed by atoms with Crippen molar-refractivity contribution in [2.75, 3.05) is 0 Å². The molecule has 0 amide bonds. The Balaban J connectivity index is 2.45. The fraction of sp³-hybridized carbons (Fsp3) is 0.818. The van der Waals surface area contributed by atoms with Crippen molar-refractivity contribution in [1.29, 1.82) is 0 Å². The molecule has 12 heavy (non-hydrogen) atoms. The predicted molar refractivity (Wildman–Crippen MR) is 53.1 cm³/mol. The summed E-state index contributed by atoms with van der Waals surface area (Å²) in [7, 11) is 0. The summed E-state index contributed by atoms with van der Waals surface area (Å²) in [6.45, 7) is 4.52. The van der Waals surface area contributed by atoms with Crippen molar-refractivity contribution >= 4 is 0 Å². The van der Waals surface area contributed by atoms with Gasteiger partial charge in [0.25, 0.3) is 0 Å². The minimum absolute atomic E-state index is 0.748. The predicted octanol–water partition coefficient (Wildman–Crippen LogP) is 2.83. The van der Waals surface area contributed by atoms with Crippen LogP contribution in [0.15, 0.2) is 11.8 Å². The Labute approximate surface area is 75.5 Å². The minimum atomic E-state index is 0.748. The minimum Gasteiger partial charge on any atom is -0.599 e. The van der Waals surface area contributed by atoms with E-state index >= 15 is 0 Å². The molecule has 1 rings (SSSR count). The van der Waals surface area contributed by atoms with Crippen molar-refractivity contribution in [2.24, 2.45) is 11.8 Å². The molecule has 0 saturated heterocycles. The molecule has 0 bridgehead atoms. The van der Waals surface area contributed by atoms with Gasteiger partial charge in [0.15, 0.2) is 0 Å². The first kappa shape index (κ1) is 9.63. The van der Waals surface area contributed by atoms with Gasteiger partial charge >= 0.3 is 0 Å². The molecule has 1 heteroatoms. The van der Waals surface area contributed by atoms with Crippen molar-refractivity contribution in [3.05, 3.63) is 11.8 Å². The number of hydrogen-bond donors (Lipinski definition) is 0. The maximum Gasteiger partial charge on any atom is 0.215 e. The second-order valence-electron chi connectivity index (χ2n) is 4.08. The van der Waals surface area contributed by atoms with Crippen LogP contribution in [0.4, 0.5) is 0 Å². The molecule has 2 N–H and O–H groups in total. The quantitative estimate of drug-likeness (QED) is 0.458. The molecule has 0 aromatic heterocycles. The number of hydrogen-bond acceptors (Lipinski definition) is 0. The van der Waals surface area contributed by atoms with Crippen LogP contribution < -0.4 is 0 Å². The van der Waals surface area contributed by atoms with Crippen LogP contribution in [0.1, 0.15) is 46.0 Å². The third kappa shape index (κ3) is 2.26. The van der Waals surface area contributed by atoms with Gasteiger partial charge in [-0.05, 0) is 31.1 Å². The Morgan fingerprint density at radius 2 is 2.25 bits per heavy atom. The highest BCUT2D eigenvalue weighted by molar-refractivity contribution is 5.05. The summed E-state index contributed by atoms with van der Waals surface area (Å²) in [5.74, 6) is 1.64. The van der Waals surface area contributed by atoms with Gasteiger partial charge in [-0.25, -0.2) is 0 Å². The van der Waals surface area contributed by atoms with Gasteiger partial charge in [0, 0.05) is 5.57 Å². The van der Waals surface area contributed by atoms with Crippen molar-refractivity contribution in [3.8, 4) is 0 Å². The first-order valence-electron chi connectivity index (χ1n) is 5.14. The molecule has 1 saturated carbocycles. The van der Waals surface area contributed by atoms with Crippen molar-refractivity contribution in [3.63, 3.8) is 0 Å². The molecule has 0 aromatic rings. The van der Waals surface area contributed by atoms with Crippen molar-refractivity contribution < 1.29 is 5.11 Å². The highest BCUT2D eigenvalue weighted by Crippen LogP contribution is 2.36. The SMILES string of the molecule is CCC/C(=C/[OH2+])[C@H]1CC[C@@H](C)C1. The van der Waals surface area contributed by atoms with E-state index in [0.717, 1.165) is 18.3 Å². The smallest absolute Gasteiger partial charge is 0.215 e. The molecule has 0 aromatic carbocycles. The maximum atomic E-state index is 7.33. The topological polar surface area (TPSA) is 22.9 Å². The molecule has 1 aliphatic rings. The molecule has 1 nitrogen and oxygen atoms in total. The molecule has 0 aliphatic heterocycles. The Morgan fingerprint density at radius 1 is 1.50 bits per heavy atom. The van der Waals surface area contributed by atoms with Gasteiger partial charge in [0.1, 0.15) is 0 Å². The van der Waals surface area contributed by atoms with Crippen molar-refractivity contribution in [2.45, 2.75) is 46.0 Å². The molecule has 0 unspecified atom stereocenters. The van der Waals surface area contributed by atoms with Gasteiger partial charge in [-0.15, -0.1) is 0 Å². The lowest BCUT2D eigenvalue weighted by Crippen LogP contribution is -1.99. The van der Waals surface area contributed by atoms with Gasteiger partial charge in [0.05, 0.1) is 0 Å².